The first kappa shape index (κ1) is 23.7. The molecule has 0 saturated heterocycles. The Morgan fingerprint density at radius 3 is 1.52 bits per heavy atom. The fraction of sp³-hybridized carbons (Fsp3) is 0.708. The van der Waals surface area contributed by atoms with Crippen LogP contribution in [0, 0.1) is 0 Å². The van der Waals surface area contributed by atoms with E-state index in [9.17, 15) is 9.18 Å². The van der Waals surface area contributed by atoms with Crippen LogP contribution < -0.4 is 4.74 Å². The summed E-state index contributed by atoms with van der Waals surface area (Å²) in [5.74, 6) is 0.699. The summed E-state index contributed by atoms with van der Waals surface area (Å²) in [4.78, 5) is 10.6. The van der Waals surface area contributed by atoms with Crippen LogP contribution in [0.1, 0.15) is 114 Å². The lowest BCUT2D eigenvalue weighted by Gasteiger charge is -2.06. The van der Waals surface area contributed by atoms with Gasteiger partial charge in [0.2, 0.25) is 0 Å². The van der Waals surface area contributed by atoms with Gasteiger partial charge in [0.25, 0.3) is 0 Å². The maximum Gasteiger partial charge on any atom is 0.332 e. The van der Waals surface area contributed by atoms with Crippen LogP contribution in [-0.2, 0) is 0 Å². The Labute approximate surface area is 165 Å². The smallest absolute Gasteiger partial charge is 0.332 e. The zero-order valence-electron chi connectivity index (χ0n) is 17.3. The summed E-state index contributed by atoms with van der Waals surface area (Å²) in [5.41, 5.74) is 0.0781. The number of carbonyl (C=O) groups is 1. The first-order valence-corrected chi connectivity index (χ1v) is 11.2. The summed E-state index contributed by atoms with van der Waals surface area (Å²) in [6, 6.07) is 4.83. The molecule has 154 valence electrons. The third kappa shape index (κ3) is 13.4. The normalized spacial score (nSPS) is 10.9. The van der Waals surface area contributed by atoms with Gasteiger partial charge < -0.3 is 4.74 Å². The van der Waals surface area contributed by atoms with E-state index in [0.717, 1.165) is 6.42 Å². The minimum absolute atomic E-state index is 0.0781. The molecule has 0 unspecified atom stereocenters. The summed E-state index contributed by atoms with van der Waals surface area (Å²) in [6.45, 7) is 2.95. The highest BCUT2D eigenvalue weighted by Crippen LogP contribution is 2.15. The molecule has 0 aromatic heterocycles. The second-order valence-corrected chi connectivity index (χ2v) is 7.60. The third-order valence-electron chi connectivity index (χ3n) is 5.10. The van der Waals surface area contributed by atoms with Crippen LogP contribution in [-0.4, -0.2) is 12.6 Å². The summed E-state index contributed by atoms with van der Waals surface area (Å²) >= 11 is 0. The van der Waals surface area contributed by atoms with Gasteiger partial charge in [-0.05, 0) is 30.7 Å². The van der Waals surface area contributed by atoms with Gasteiger partial charge in [0.1, 0.15) is 5.75 Å². The first-order chi connectivity index (χ1) is 13.2. The van der Waals surface area contributed by atoms with Crippen molar-refractivity contribution in [3.63, 3.8) is 0 Å². The average Bonchev–Trinajstić information content (AvgIpc) is 2.68. The van der Waals surface area contributed by atoms with Crippen molar-refractivity contribution in [2.24, 2.45) is 0 Å². The molecule has 0 aliphatic rings. The van der Waals surface area contributed by atoms with Crippen molar-refractivity contribution in [1.29, 1.82) is 0 Å². The number of unbranched alkanes of at least 4 members (excludes halogenated alkanes) is 14. The fourth-order valence-corrected chi connectivity index (χ4v) is 3.35. The van der Waals surface area contributed by atoms with E-state index in [4.69, 9.17) is 4.74 Å². The highest BCUT2D eigenvalue weighted by Gasteiger charge is 2.02. The van der Waals surface area contributed by atoms with E-state index < -0.39 is 6.04 Å². The van der Waals surface area contributed by atoms with Crippen molar-refractivity contribution in [2.45, 2.75) is 103 Å². The summed E-state index contributed by atoms with van der Waals surface area (Å²) in [5, 5.41) is 0. The second kappa shape index (κ2) is 16.8. The zero-order chi connectivity index (χ0) is 19.6. The van der Waals surface area contributed by atoms with Crippen LogP contribution in [0.3, 0.4) is 0 Å². The van der Waals surface area contributed by atoms with Crippen molar-refractivity contribution in [3.05, 3.63) is 29.8 Å². The lowest BCUT2D eigenvalue weighted by molar-refractivity contribution is 0.0836. The molecule has 0 amide bonds. The van der Waals surface area contributed by atoms with E-state index in [0.29, 0.717) is 12.4 Å². The van der Waals surface area contributed by atoms with E-state index in [1.54, 1.807) is 12.1 Å². The Morgan fingerprint density at radius 1 is 0.704 bits per heavy atom. The largest absolute Gasteiger partial charge is 0.494 e. The monoisotopic (exact) mass is 378 g/mol. The Hall–Kier alpha value is -1.38. The van der Waals surface area contributed by atoms with Crippen molar-refractivity contribution in [1.82, 2.24) is 0 Å². The van der Waals surface area contributed by atoms with Gasteiger partial charge in [-0.25, -0.2) is 0 Å². The quantitative estimate of drug-likeness (QED) is 0.191. The molecule has 3 heteroatoms. The predicted molar refractivity (Wildman–Crippen MR) is 112 cm³/mol. The molecule has 0 aliphatic heterocycles. The number of rotatable bonds is 18. The molecule has 0 spiro atoms. The minimum Gasteiger partial charge on any atom is -0.494 e. The maximum atomic E-state index is 12.5. The Morgan fingerprint density at radius 2 is 1.11 bits per heavy atom. The van der Waals surface area contributed by atoms with Gasteiger partial charge in [-0.15, -0.1) is 0 Å². The molecule has 0 atom stereocenters. The van der Waals surface area contributed by atoms with Crippen molar-refractivity contribution in [3.8, 4) is 5.75 Å². The van der Waals surface area contributed by atoms with Crippen LogP contribution >= 0.6 is 0 Å². The molecular weight excluding hydrogens is 339 g/mol. The van der Waals surface area contributed by atoms with Crippen LogP contribution in [0.5, 0.6) is 5.75 Å². The van der Waals surface area contributed by atoms with Gasteiger partial charge >= 0.3 is 6.04 Å². The van der Waals surface area contributed by atoms with E-state index in [1.165, 1.54) is 102 Å². The molecule has 0 aliphatic carbocycles. The van der Waals surface area contributed by atoms with Gasteiger partial charge in [0.05, 0.1) is 12.2 Å². The van der Waals surface area contributed by atoms with Gasteiger partial charge in [0, 0.05) is 0 Å². The van der Waals surface area contributed by atoms with Gasteiger partial charge in [0.15, 0.2) is 0 Å². The number of ether oxygens (including phenoxy) is 1. The maximum absolute atomic E-state index is 12.5. The number of benzene rings is 1. The van der Waals surface area contributed by atoms with Crippen LogP contribution in [0.2, 0.25) is 0 Å². The first-order valence-electron chi connectivity index (χ1n) is 11.2. The molecule has 1 aromatic carbocycles. The fourth-order valence-electron chi connectivity index (χ4n) is 3.35. The summed E-state index contributed by atoms with van der Waals surface area (Å²) in [6.07, 6.45) is 20.3. The number of hydrogen-bond donors (Lipinski definition) is 0. The van der Waals surface area contributed by atoms with E-state index in [2.05, 4.69) is 6.92 Å². The zero-order valence-corrected chi connectivity index (χ0v) is 17.3. The van der Waals surface area contributed by atoms with Crippen molar-refractivity contribution < 1.29 is 13.9 Å². The molecule has 0 saturated carbocycles. The third-order valence-corrected chi connectivity index (χ3v) is 5.10. The lowest BCUT2D eigenvalue weighted by Crippen LogP contribution is -1.98. The number of halogens is 1. The molecule has 0 heterocycles. The summed E-state index contributed by atoms with van der Waals surface area (Å²) in [7, 11) is 0. The number of carbonyl (C=O) groups excluding carboxylic acids is 1. The molecule has 0 N–H and O–H groups in total. The van der Waals surface area contributed by atoms with E-state index in [1.807, 2.05) is 0 Å². The average molecular weight is 379 g/mol. The molecule has 2 nitrogen and oxygen atoms in total. The molecule has 1 aromatic rings. The Bertz CT molecular complexity index is 470. The van der Waals surface area contributed by atoms with Gasteiger partial charge in [-0.2, -0.15) is 4.39 Å². The topological polar surface area (TPSA) is 26.3 Å². The van der Waals surface area contributed by atoms with Crippen LogP contribution in [0.4, 0.5) is 4.39 Å². The summed E-state index contributed by atoms with van der Waals surface area (Å²) < 4.78 is 18.1. The molecular formula is C24H39FO2. The van der Waals surface area contributed by atoms with Crippen LogP contribution in [0.25, 0.3) is 0 Å². The predicted octanol–water partition coefficient (Wildman–Crippen LogP) is 8.05. The molecule has 1 rings (SSSR count). The van der Waals surface area contributed by atoms with Crippen LogP contribution in [0.15, 0.2) is 24.3 Å². The Balaban J connectivity index is 1.81. The molecule has 27 heavy (non-hydrogen) atoms. The standard InChI is InChI=1S/C24H39FO2/c1-2-3-4-5-6-7-8-9-10-11-12-13-14-15-16-21-27-23-19-17-22(18-20-23)24(25)26/h17-20H,2-16,21H2,1H3. The Kier molecular flexibility index (Phi) is 14.7. The minimum atomic E-state index is -1.40. The highest BCUT2D eigenvalue weighted by molar-refractivity contribution is 5.88. The number of hydrogen-bond acceptors (Lipinski definition) is 2. The van der Waals surface area contributed by atoms with Gasteiger partial charge in [-0.1, -0.05) is 96.8 Å². The van der Waals surface area contributed by atoms with Crippen molar-refractivity contribution >= 4 is 6.04 Å². The molecule has 0 bridgehead atoms. The molecule has 0 radical (unpaired) electrons. The SMILES string of the molecule is CCCCCCCCCCCCCCCCCOc1ccc(C(=O)F)cc1. The van der Waals surface area contributed by atoms with Crippen molar-refractivity contribution in [2.75, 3.05) is 6.61 Å². The lowest BCUT2D eigenvalue weighted by atomic mass is 10.0. The highest BCUT2D eigenvalue weighted by atomic mass is 19.1. The van der Waals surface area contributed by atoms with E-state index >= 15 is 0 Å². The second-order valence-electron chi connectivity index (χ2n) is 7.60. The van der Waals surface area contributed by atoms with Gasteiger partial charge in [-0.3, -0.25) is 4.79 Å². The molecule has 0 fully saturated rings. The van der Waals surface area contributed by atoms with E-state index in [-0.39, 0.29) is 5.56 Å².